The summed E-state index contributed by atoms with van der Waals surface area (Å²) in [5, 5.41) is 5.34. The maximum atomic E-state index is 12.0. The number of benzene rings is 1. The fourth-order valence-corrected chi connectivity index (χ4v) is 3.06. The third-order valence-electron chi connectivity index (χ3n) is 4.47. The smallest absolute Gasteiger partial charge is 0.309 e. The van der Waals surface area contributed by atoms with Gasteiger partial charge in [-0.15, -0.1) is 0 Å². The summed E-state index contributed by atoms with van der Waals surface area (Å²) in [6, 6.07) is 5.71. The minimum atomic E-state index is -0.613. The van der Waals surface area contributed by atoms with Crippen molar-refractivity contribution in [3.8, 4) is 11.5 Å². The lowest BCUT2D eigenvalue weighted by Crippen LogP contribution is -2.46. The number of morpholine rings is 1. The Bertz CT molecular complexity index is 646. The molecule has 1 saturated heterocycles. The standard InChI is InChI=1S/C18H25N3O5/c1-2-5-19-17(22)18(23)20-11-14(21-6-8-24-9-7-21)13-3-4-15-16(10-13)26-12-25-15/h3-4,10,14H,2,5-9,11-12H2,1H3,(H,19,22)(H,20,23). The molecular formula is C18H25N3O5. The molecule has 2 heterocycles. The van der Waals surface area contributed by atoms with Crippen molar-refractivity contribution < 1.29 is 23.8 Å². The van der Waals surface area contributed by atoms with Gasteiger partial charge in [-0.25, -0.2) is 0 Å². The van der Waals surface area contributed by atoms with Crippen molar-refractivity contribution in [2.45, 2.75) is 19.4 Å². The highest BCUT2D eigenvalue weighted by Gasteiger charge is 2.26. The molecule has 8 nitrogen and oxygen atoms in total. The largest absolute Gasteiger partial charge is 0.454 e. The number of nitrogens with zero attached hydrogens (tertiary/aromatic N) is 1. The Balaban J connectivity index is 1.69. The second kappa shape index (κ2) is 8.86. The quantitative estimate of drug-likeness (QED) is 0.713. The maximum Gasteiger partial charge on any atom is 0.309 e. The van der Waals surface area contributed by atoms with Crippen molar-refractivity contribution in [1.82, 2.24) is 15.5 Å². The molecule has 2 amide bonds. The minimum absolute atomic E-state index is 0.0728. The van der Waals surface area contributed by atoms with Crippen molar-refractivity contribution in [2.24, 2.45) is 0 Å². The van der Waals surface area contributed by atoms with Crippen molar-refractivity contribution >= 4 is 11.8 Å². The van der Waals surface area contributed by atoms with Crippen LogP contribution in [0.25, 0.3) is 0 Å². The molecule has 3 rings (SSSR count). The van der Waals surface area contributed by atoms with E-state index < -0.39 is 11.8 Å². The number of nitrogens with one attached hydrogen (secondary N) is 2. The second-order valence-corrected chi connectivity index (χ2v) is 6.24. The van der Waals surface area contributed by atoms with Crippen LogP contribution in [0.4, 0.5) is 0 Å². The lowest BCUT2D eigenvalue weighted by atomic mass is 10.0. The SMILES string of the molecule is CCCNC(=O)C(=O)NCC(c1ccc2c(c1)OCO2)N1CCOCC1. The molecule has 8 heteroatoms. The average Bonchev–Trinajstić information content (AvgIpc) is 3.15. The highest BCUT2D eigenvalue weighted by atomic mass is 16.7. The number of ether oxygens (including phenoxy) is 3. The number of amides is 2. The summed E-state index contributed by atoms with van der Waals surface area (Å²) in [4.78, 5) is 26.1. The zero-order valence-electron chi connectivity index (χ0n) is 15.0. The molecule has 1 aromatic rings. The predicted molar refractivity (Wildman–Crippen MR) is 94.0 cm³/mol. The molecule has 2 aliphatic rings. The first-order chi connectivity index (χ1) is 12.7. The predicted octanol–water partition coefficient (Wildman–Crippen LogP) is 0.431. The second-order valence-electron chi connectivity index (χ2n) is 6.24. The van der Waals surface area contributed by atoms with Gasteiger partial charge in [0.15, 0.2) is 11.5 Å². The van der Waals surface area contributed by atoms with Crippen molar-refractivity contribution in [1.29, 1.82) is 0 Å². The van der Waals surface area contributed by atoms with Crippen LogP contribution in [-0.2, 0) is 14.3 Å². The van der Waals surface area contributed by atoms with Gasteiger partial charge in [-0.2, -0.15) is 0 Å². The molecule has 0 saturated carbocycles. The van der Waals surface area contributed by atoms with Crippen LogP contribution in [0.1, 0.15) is 24.9 Å². The fraction of sp³-hybridized carbons (Fsp3) is 0.556. The van der Waals surface area contributed by atoms with Crippen LogP contribution < -0.4 is 20.1 Å². The number of hydrogen-bond acceptors (Lipinski definition) is 6. The van der Waals surface area contributed by atoms with E-state index in [0.29, 0.717) is 32.1 Å². The van der Waals surface area contributed by atoms with Crippen LogP contribution in [0, 0.1) is 0 Å². The Morgan fingerprint density at radius 3 is 2.62 bits per heavy atom. The molecule has 0 aromatic heterocycles. The summed E-state index contributed by atoms with van der Waals surface area (Å²) in [7, 11) is 0. The van der Waals surface area contributed by atoms with E-state index in [2.05, 4.69) is 15.5 Å². The van der Waals surface area contributed by atoms with E-state index in [1.807, 2.05) is 25.1 Å². The molecule has 0 bridgehead atoms. The fourth-order valence-electron chi connectivity index (χ4n) is 3.06. The van der Waals surface area contributed by atoms with Crippen molar-refractivity contribution in [3.63, 3.8) is 0 Å². The van der Waals surface area contributed by atoms with Crippen molar-refractivity contribution in [3.05, 3.63) is 23.8 Å². The van der Waals surface area contributed by atoms with Gasteiger partial charge in [0.25, 0.3) is 0 Å². The number of rotatable bonds is 6. The maximum absolute atomic E-state index is 12.0. The molecule has 0 aliphatic carbocycles. The molecule has 1 fully saturated rings. The molecule has 0 radical (unpaired) electrons. The van der Waals surface area contributed by atoms with Crippen LogP contribution in [0.3, 0.4) is 0 Å². The summed E-state index contributed by atoms with van der Waals surface area (Å²) >= 11 is 0. The Kier molecular flexibility index (Phi) is 6.30. The van der Waals surface area contributed by atoms with Crippen LogP contribution in [0.2, 0.25) is 0 Å². The van der Waals surface area contributed by atoms with Gasteiger partial charge in [0, 0.05) is 26.2 Å². The summed E-state index contributed by atoms with van der Waals surface area (Å²) < 4.78 is 16.3. The van der Waals surface area contributed by atoms with E-state index in [-0.39, 0.29) is 12.8 Å². The molecule has 1 unspecified atom stereocenters. The first kappa shape index (κ1) is 18.5. The number of fused-ring (bicyclic) bond motifs is 1. The number of hydrogen-bond donors (Lipinski definition) is 2. The van der Waals surface area contributed by atoms with E-state index >= 15 is 0 Å². The molecule has 2 N–H and O–H groups in total. The Morgan fingerprint density at radius 2 is 1.85 bits per heavy atom. The number of carbonyl (C=O) groups is 2. The van der Waals surface area contributed by atoms with Crippen LogP contribution >= 0.6 is 0 Å². The summed E-state index contributed by atoms with van der Waals surface area (Å²) in [6.07, 6.45) is 0.784. The third kappa shape index (κ3) is 4.44. The lowest BCUT2D eigenvalue weighted by molar-refractivity contribution is -0.139. The summed E-state index contributed by atoms with van der Waals surface area (Å²) in [6.45, 7) is 5.78. The monoisotopic (exact) mass is 363 g/mol. The van der Waals surface area contributed by atoms with E-state index in [0.717, 1.165) is 30.8 Å². The van der Waals surface area contributed by atoms with E-state index in [1.165, 1.54) is 0 Å². The number of carbonyl (C=O) groups excluding carboxylic acids is 2. The van der Waals surface area contributed by atoms with Crippen LogP contribution in [0.5, 0.6) is 11.5 Å². The zero-order chi connectivity index (χ0) is 18.4. The molecule has 2 aliphatic heterocycles. The highest BCUT2D eigenvalue weighted by molar-refractivity contribution is 6.35. The Labute approximate surface area is 152 Å². The van der Waals surface area contributed by atoms with E-state index in [4.69, 9.17) is 14.2 Å². The topological polar surface area (TPSA) is 89.1 Å². The molecular weight excluding hydrogens is 338 g/mol. The Hall–Kier alpha value is -2.32. The first-order valence-corrected chi connectivity index (χ1v) is 8.96. The van der Waals surface area contributed by atoms with Crippen LogP contribution in [-0.4, -0.2) is 62.9 Å². The summed E-state index contributed by atoms with van der Waals surface area (Å²) in [5.74, 6) is 0.209. The molecule has 1 atom stereocenters. The van der Waals surface area contributed by atoms with Gasteiger partial charge < -0.3 is 24.8 Å². The first-order valence-electron chi connectivity index (χ1n) is 8.96. The average molecular weight is 363 g/mol. The molecule has 26 heavy (non-hydrogen) atoms. The van der Waals surface area contributed by atoms with Gasteiger partial charge in [0.2, 0.25) is 6.79 Å². The zero-order valence-corrected chi connectivity index (χ0v) is 15.0. The van der Waals surface area contributed by atoms with Gasteiger partial charge in [0.1, 0.15) is 0 Å². The van der Waals surface area contributed by atoms with Crippen LogP contribution in [0.15, 0.2) is 18.2 Å². The molecule has 142 valence electrons. The van der Waals surface area contributed by atoms with Crippen molar-refractivity contribution in [2.75, 3.05) is 46.2 Å². The summed E-state index contributed by atoms with van der Waals surface area (Å²) in [5.41, 5.74) is 1.01. The minimum Gasteiger partial charge on any atom is -0.454 e. The normalized spacial score (nSPS) is 17.6. The molecule has 1 aromatic carbocycles. The lowest BCUT2D eigenvalue weighted by Gasteiger charge is -2.34. The van der Waals surface area contributed by atoms with E-state index in [1.54, 1.807) is 0 Å². The van der Waals surface area contributed by atoms with Gasteiger partial charge >= 0.3 is 11.8 Å². The van der Waals surface area contributed by atoms with Gasteiger partial charge in [-0.1, -0.05) is 13.0 Å². The van der Waals surface area contributed by atoms with Gasteiger partial charge in [-0.05, 0) is 24.1 Å². The van der Waals surface area contributed by atoms with Gasteiger partial charge in [-0.3, -0.25) is 14.5 Å². The highest BCUT2D eigenvalue weighted by Crippen LogP contribution is 2.35. The van der Waals surface area contributed by atoms with Gasteiger partial charge in [0.05, 0.1) is 19.3 Å². The Morgan fingerprint density at radius 1 is 1.12 bits per heavy atom. The molecule has 0 spiro atoms. The van der Waals surface area contributed by atoms with E-state index in [9.17, 15) is 9.59 Å². The third-order valence-corrected chi connectivity index (χ3v) is 4.47.